The third kappa shape index (κ3) is 5.07. The zero-order valence-corrected chi connectivity index (χ0v) is 13.6. The van der Waals surface area contributed by atoms with E-state index in [4.69, 9.17) is 4.74 Å². The fourth-order valence-electron chi connectivity index (χ4n) is 3.57. The van der Waals surface area contributed by atoms with Gasteiger partial charge in [0, 0.05) is 12.6 Å². The van der Waals surface area contributed by atoms with Gasteiger partial charge in [0.25, 0.3) is 0 Å². The molecule has 2 nitrogen and oxygen atoms in total. The van der Waals surface area contributed by atoms with Crippen LogP contribution in [0, 0.1) is 5.92 Å². The summed E-state index contributed by atoms with van der Waals surface area (Å²) in [7, 11) is 0. The first-order valence-corrected chi connectivity index (χ1v) is 8.55. The highest BCUT2D eigenvalue weighted by Crippen LogP contribution is 2.33. The summed E-state index contributed by atoms with van der Waals surface area (Å²) in [5.41, 5.74) is -0.00106. The molecule has 1 rings (SSSR count). The Balaban J connectivity index is 2.77. The van der Waals surface area contributed by atoms with Crippen LogP contribution < -0.4 is 5.32 Å². The van der Waals surface area contributed by atoms with Gasteiger partial charge in [-0.05, 0) is 52.0 Å². The Morgan fingerprint density at radius 2 is 1.74 bits per heavy atom. The molecule has 0 aromatic carbocycles. The van der Waals surface area contributed by atoms with Crippen LogP contribution in [0.1, 0.15) is 79.1 Å². The number of rotatable bonds is 8. The van der Waals surface area contributed by atoms with Crippen molar-refractivity contribution in [3.8, 4) is 0 Å². The van der Waals surface area contributed by atoms with E-state index in [1.54, 1.807) is 0 Å². The second-order valence-corrected chi connectivity index (χ2v) is 6.28. The van der Waals surface area contributed by atoms with Gasteiger partial charge in [-0.25, -0.2) is 0 Å². The average Bonchev–Trinajstić information content (AvgIpc) is 2.68. The summed E-state index contributed by atoms with van der Waals surface area (Å²) in [6, 6.07) is 0.524. The van der Waals surface area contributed by atoms with Crippen molar-refractivity contribution >= 4 is 0 Å². The zero-order valence-electron chi connectivity index (χ0n) is 13.6. The van der Waals surface area contributed by atoms with Crippen LogP contribution in [0.4, 0.5) is 0 Å². The van der Waals surface area contributed by atoms with Crippen LogP contribution in [0.25, 0.3) is 0 Å². The van der Waals surface area contributed by atoms with Gasteiger partial charge >= 0.3 is 0 Å². The van der Waals surface area contributed by atoms with Crippen molar-refractivity contribution in [1.82, 2.24) is 5.32 Å². The Morgan fingerprint density at radius 3 is 2.21 bits per heavy atom. The predicted octanol–water partition coefficient (Wildman–Crippen LogP) is 4.53. The van der Waals surface area contributed by atoms with Crippen molar-refractivity contribution in [3.05, 3.63) is 0 Å². The Hall–Kier alpha value is -0.0800. The van der Waals surface area contributed by atoms with Gasteiger partial charge in [-0.3, -0.25) is 0 Å². The van der Waals surface area contributed by atoms with Gasteiger partial charge in [0.15, 0.2) is 0 Å². The van der Waals surface area contributed by atoms with Crippen LogP contribution in [0.2, 0.25) is 0 Å². The van der Waals surface area contributed by atoms with Gasteiger partial charge in [-0.1, -0.05) is 39.5 Å². The first-order chi connectivity index (χ1) is 9.18. The molecule has 0 radical (unpaired) electrons. The molecule has 0 aromatic heterocycles. The molecule has 114 valence electrons. The minimum Gasteiger partial charge on any atom is -0.374 e. The van der Waals surface area contributed by atoms with Crippen molar-refractivity contribution in [3.63, 3.8) is 0 Å². The Bertz CT molecular complexity index is 223. The minimum absolute atomic E-state index is 0.00106. The first kappa shape index (κ1) is 17.0. The van der Waals surface area contributed by atoms with Crippen LogP contribution in [0.15, 0.2) is 0 Å². The molecule has 0 heterocycles. The molecule has 0 spiro atoms. The minimum atomic E-state index is -0.00106. The summed E-state index contributed by atoms with van der Waals surface area (Å²) in [4.78, 5) is 0. The molecule has 0 aliphatic heterocycles. The highest BCUT2D eigenvalue weighted by molar-refractivity contribution is 4.94. The summed E-state index contributed by atoms with van der Waals surface area (Å²) < 4.78 is 6.17. The Labute approximate surface area is 120 Å². The molecule has 1 saturated carbocycles. The Kier molecular flexibility index (Phi) is 8.01. The fraction of sp³-hybridized carbons (Fsp3) is 1.00. The summed E-state index contributed by atoms with van der Waals surface area (Å²) in [5, 5.41) is 3.82. The first-order valence-electron chi connectivity index (χ1n) is 8.55. The van der Waals surface area contributed by atoms with Crippen molar-refractivity contribution in [2.45, 2.75) is 90.7 Å². The molecule has 0 saturated heterocycles. The maximum absolute atomic E-state index is 6.17. The third-order valence-corrected chi connectivity index (χ3v) is 4.82. The molecule has 1 aliphatic carbocycles. The molecule has 0 aromatic rings. The third-order valence-electron chi connectivity index (χ3n) is 4.82. The average molecular weight is 269 g/mol. The molecule has 0 bridgehead atoms. The summed E-state index contributed by atoms with van der Waals surface area (Å²) in [5.74, 6) is 0.797. The van der Waals surface area contributed by atoms with Crippen molar-refractivity contribution in [2.75, 3.05) is 13.2 Å². The molecular weight excluding hydrogens is 234 g/mol. The molecule has 2 unspecified atom stereocenters. The second kappa shape index (κ2) is 8.97. The molecule has 2 atom stereocenters. The Morgan fingerprint density at radius 1 is 1.11 bits per heavy atom. The number of hydrogen-bond acceptors (Lipinski definition) is 2. The SMILES string of the molecule is CCCNC(C1CCCCCC1)C(C)(CC)OCC. The number of ether oxygens (including phenoxy) is 1. The van der Waals surface area contributed by atoms with Gasteiger partial charge < -0.3 is 10.1 Å². The van der Waals surface area contributed by atoms with E-state index in [2.05, 4.69) is 33.0 Å². The predicted molar refractivity (Wildman–Crippen MR) is 83.6 cm³/mol. The van der Waals surface area contributed by atoms with E-state index in [9.17, 15) is 0 Å². The van der Waals surface area contributed by atoms with Gasteiger partial charge in [0.05, 0.1) is 5.60 Å². The lowest BCUT2D eigenvalue weighted by molar-refractivity contribution is -0.0708. The topological polar surface area (TPSA) is 21.3 Å². The molecule has 0 amide bonds. The molecule has 1 fully saturated rings. The maximum Gasteiger partial charge on any atom is 0.0806 e. The highest BCUT2D eigenvalue weighted by atomic mass is 16.5. The van der Waals surface area contributed by atoms with Crippen LogP contribution >= 0.6 is 0 Å². The summed E-state index contributed by atoms with van der Waals surface area (Å²) >= 11 is 0. The second-order valence-electron chi connectivity index (χ2n) is 6.28. The largest absolute Gasteiger partial charge is 0.374 e. The maximum atomic E-state index is 6.17. The van der Waals surface area contributed by atoms with Crippen LogP contribution in [0.5, 0.6) is 0 Å². The lowest BCUT2D eigenvalue weighted by Gasteiger charge is -2.42. The van der Waals surface area contributed by atoms with E-state index in [0.717, 1.165) is 25.5 Å². The summed E-state index contributed by atoms with van der Waals surface area (Å²) in [6.07, 6.45) is 10.7. The summed E-state index contributed by atoms with van der Waals surface area (Å²) in [6.45, 7) is 10.9. The highest BCUT2D eigenvalue weighted by Gasteiger charge is 2.38. The molecule has 19 heavy (non-hydrogen) atoms. The van der Waals surface area contributed by atoms with Crippen LogP contribution in [0.3, 0.4) is 0 Å². The van der Waals surface area contributed by atoms with E-state index in [0.29, 0.717) is 6.04 Å². The van der Waals surface area contributed by atoms with Gasteiger partial charge in [0.2, 0.25) is 0 Å². The number of nitrogens with one attached hydrogen (secondary N) is 1. The van der Waals surface area contributed by atoms with Crippen molar-refractivity contribution < 1.29 is 4.74 Å². The smallest absolute Gasteiger partial charge is 0.0806 e. The van der Waals surface area contributed by atoms with E-state index in [-0.39, 0.29) is 5.60 Å². The van der Waals surface area contributed by atoms with Gasteiger partial charge in [-0.2, -0.15) is 0 Å². The van der Waals surface area contributed by atoms with Gasteiger partial charge in [0.1, 0.15) is 0 Å². The normalized spacial score (nSPS) is 22.7. The van der Waals surface area contributed by atoms with Crippen molar-refractivity contribution in [1.29, 1.82) is 0 Å². The van der Waals surface area contributed by atoms with Gasteiger partial charge in [-0.15, -0.1) is 0 Å². The van der Waals surface area contributed by atoms with Crippen LogP contribution in [-0.4, -0.2) is 24.8 Å². The fourth-order valence-corrected chi connectivity index (χ4v) is 3.57. The van der Waals surface area contributed by atoms with E-state index < -0.39 is 0 Å². The molecule has 1 N–H and O–H groups in total. The van der Waals surface area contributed by atoms with Crippen LogP contribution in [-0.2, 0) is 4.74 Å². The molecular formula is C17H35NO. The monoisotopic (exact) mass is 269 g/mol. The molecule has 1 aliphatic rings. The standard InChI is InChI=1S/C17H35NO/c1-5-14-18-16(17(4,6-2)19-7-3)15-12-10-8-9-11-13-15/h15-16,18H,5-14H2,1-4H3. The van der Waals surface area contributed by atoms with E-state index >= 15 is 0 Å². The lowest BCUT2D eigenvalue weighted by atomic mass is 9.79. The van der Waals surface area contributed by atoms with Crippen molar-refractivity contribution in [2.24, 2.45) is 5.92 Å². The number of hydrogen-bond donors (Lipinski definition) is 1. The zero-order chi connectivity index (χ0) is 14.1. The van der Waals surface area contributed by atoms with E-state index in [1.807, 2.05) is 0 Å². The van der Waals surface area contributed by atoms with E-state index in [1.165, 1.54) is 44.9 Å². The molecule has 2 heteroatoms. The quantitative estimate of drug-likeness (QED) is 0.654. The lowest BCUT2D eigenvalue weighted by Crippen LogP contribution is -2.54.